The second-order valence-corrected chi connectivity index (χ2v) is 4.29. The van der Waals surface area contributed by atoms with Gasteiger partial charge in [0.1, 0.15) is 0 Å². The zero-order valence-electron chi connectivity index (χ0n) is 11.1. The van der Waals surface area contributed by atoms with Crippen molar-refractivity contribution in [2.45, 2.75) is 25.8 Å². The molecule has 0 aliphatic rings. The minimum absolute atomic E-state index is 0.0480. The van der Waals surface area contributed by atoms with E-state index in [9.17, 15) is 14.4 Å². The number of benzene rings is 1. The summed E-state index contributed by atoms with van der Waals surface area (Å²) >= 11 is 0. The molecule has 0 spiro atoms. The van der Waals surface area contributed by atoms with E-state index in [0.717, 1.165) is 5.56 Å². The van der Waals surface area contributed by atoms with Gasteiger partial charge in [0.15, 0.2) is 0 Å². The van der Waals surface area contributed by atoms with E-state index in [4.69, 9.17) is 5.11 Å². The number of hydrogen-bond donors (Lipinski definition) is 3. The van der Waals surface area contributed by atoms with Crippen LogP contribution in [0.15, 0.2) is 30.3 Å². The van der Waals surface area contributed by atoms with E-state index in [2.05, 4.69) is 10.6 Å². The predicted octanol–water partition coefficient (Wildman–Crippen LogP) is 0.674. The Bertz CT molecular complexity index is 460. The Morgan fingerprint density at radius 1 is 0.950 bits per heavy atom. The molecule has 6 heteroatoms. The molecule has 0 aliphatic heterocycles. The highest BCUT2D eigenvalue weighted by molar-refractivity contribution is 5.84. The number of carboxylic acid groups (broad SMARTS) is 1. The molecule has 0 unspecified atom stereocenters. The topological polar surface area (TPSA) is 95.5 Å². The van der Waals surface area contributed by atoms with Crippen molar-refractivity contribution in [2.75, 3.05) is 6.54 Å². The maximum atomic E-state index is 11.5. The highest BCUT2D eigenvalue weighted by Crippen LogP contribution is 1.97. The molecular weight excluding hydrogens is 260 g/mol. The van der Waals surface area contributed by atoms with E-state index in [1.54, 1.807) is 0 Å². The first-order valence-corrected chi connectivity index (χ1v) is 6.37. The Balaban J connectivity index is 2.13. The normalized spacial score (nSPS) is 9.80. The van der Waals surface area contributed by atoms with Gasteiger partial charge >= 0.3 is 5.97 Å². The first-order valence-electron chi connectivity index (χ1n) is 6.37. The van der Waals surface area contributed by atoms with Crippen molar-refractivity contribution in [3.05, 3.63) is 35.9 Å². The molecule has 0 saturated heterocycles. The van der Waals surface area contributed by atoms with Crippen LogP contribution in [0.3, 0.4) is 0 Å². The summed E-state index contributed by atoms with van der Waals surface area (Å²) in [6.45, 7) is 0.313. The monoisotopic (exact) mass is 278 g/mol. The van der Waals surface area contributed by atoms with Gasteiger partial charge in [0.25, 0.3) is 0 Å². The molecule has 6 nitrogen and oxygen atoms in total. The summed E-state index contributed by atoms with van der Waals surface area (Å²) in [5.41, 5.74) is 0.980. The zero-order chi connectivity index (χ0) is 14.8. The first-order chi connectivity index (χ1) is 9.58. The summed E-state index contributed by atoms with van der Waals surface area (Å²) in [6.07, 6.45) is 0.332. The summed E-state index contributed by atoms with van der Waals surface area (Å²) in [5.74, 6) is -1.53. The van der Waals surface area contributed by atoms with E-state index in [1.165, 1.54) is 0 Å². The molecule has 0 aromatic heterocycles. The molecule has 0 bridgehead atoms. The van der Waals surface area contributed by atoms with Crippen LogP contribution in [0, 0.1) is 0 Å². The second-order valence-electron chi connectivity index (χ2n) is 4.29. The SMILES string of the molecule is O=C(O)CCCC(=O)NCC(=O)NCc1ccccc1. The molecule has 0 fully saturated rings. The lowest BCUT2D eigenvalue weighted by Gasteiger charge is -2.06. The highest BCUT2D eigenvalue weighted by Gasteiger charge is 2.06. The molecule has 0 saturated carbocycles. The number of aliphatic carboxylic acids is 1. The minimum atomic E-state index is -0.932. The zero-order valence-corrected chi connectivity index (χ0v) is 11.1. The van der Waals surface area contributed by atoms with Gasteiger partial charge in [-0.3, -0.25) is 14.4 Å². The van der Waals surface area contributed by atoms with Gasteiger partial charge < -0.3 is 15.7 Å². The third-order valence-corrected chi connectivity index (χ3v) is 2.57. The number of amides is 2. The van der Waals surface area contributed by atoms with E-state index in [-0.39, 0.29) is 37.6 Å². The summed E-state index contributed by atoms with van der Waals surface area (Å²) < 4.78 is 0. The van der Waals surface area contributed by atoms with E-state index < -0.39 is 5.97 Å². The fraction of sp³-hybridized carbons (Fsp3) is 0.357. The number of hydrogen-bond acceptors (Lipinski definition) is 3. The van der Waals surface area contributed by atoms with Gasteiger partial charge in [-0.2, -0.15) is 0 Å². The Morgan fingerprint density at radius 3 is 2.30 bits per heavy atom. The van der Waals surface area contributed by atoms with Crippen LogP contribution < -0.4 is 10.6 Å². The standard InChI is InChI=1S/C14H18N2O4/c17-12(7-4-8-14(19)20)16-10-13(18)15-9-11-5-2-1-3-6-11/h1-3,5-6H,4,7-10H2,(H,15,18)(H,16,17)(H,19,20). The van der Waals surface area contributed by atoms with Crippen molar-refractivity contribution < 1.29 is 19.5 Å². The van der Waals surface area contributed by atoms with Crippen molar-refractivity contribution >= 4 is 17.8 Å². The van der Waals surface area contributed by atoms with Gasteiger partial charge in [-0.15, -0.1) is 0 Å². The van der Waals surface area contributed by atoms with Crippen LogP contribution in [0.2, 0.25) is 0 Å². The maximum absolute atomic E-state index is 11.5. The number of nitrogens with one attached hydrogen (secondary N) is 2. The van der Waals surface area contributed by atoms with Crippen LogP contribution in [0.5, 0.6) is 0 Å². The molecule has 0 atom stereocenters. The van der Waals surface area contributed by atoms with Gasteiger partial charge in [-0.05, 0) is 12.0 Å². The number of carboxylic acids is 1. The minimum Gasteiger partial charge on any atom is -0.481 e. The van der Waals surface area contributed by atoms with Crippen molar-refractivity contribution in [1.29, 1.82) is 0 Å². The van der Waals surface area contributed by atoms with Crippen molar-refractivity contribution in [3.8, 4) is 0 Å². The lowest BCUT2D eigenvalue weighted by Crippen LogP contribution is -2.36. The second kappa shape index (κ2) is 8.68. The molecule has 0 aliphatic carbocycles. The quantitative estimate of drug-likeness (QED) is 0.651. The molecule has 2 amide bonds. The van der Waals surface area contributed by atoms with Crippen molar-refractivity contribution in [3.63, 3.8) is 0 Å². The molecule has 0 radical (unpaired) electrons. The van der Waals surface area contributed by atoms with Gasteiger partial charge in [0.2, 0.25) is 11.8 Å². The smallest absolute Gasteiger partial charge is 0.303 e. The van der Waals surface area contributed by atoms with E-state index in [0.29, 0.717) is 6.54 Å². The predicted molar refractivity (Wildman–Crippen MR) is 72.8 cm³/mol. The summed E-state index contributed by atoms with van der Waals surface area (Å²) in [6, 6.07) is 9.44. The summed E-state index contributed by atoms with van der Waals surface area (Å²) in [7, 11) is 0. The van der Waals surface area contributed by atoms with Gasteiger partial charge in [-0.1, -0.05) is 30.3 Å². The van der Waals surface area contributed by atoms with Gasteiger partial charge in [0.05, 0.1) is 6.54 Å². The van der Waals surface area contributed by atoms with E-state index >= 15 is 0 Å². The van der Waals surface area contributed by atoms with Crippen LogP contribution in [-0.2, 0) is 20.9 Å². The Kier molecular flexibility index (Phi) is 6.81. The van der Waals surface area contributed by atoms with Gasteiger partial charge in [0, 0.05) is 19.4 Å². The number of carbonyl (C=O) groups excluding carboxylic acids is 2. The van der Waals surface area contributed by atoms with Gasteiger partial charge in [-0.25, -0.2) is 0 Å². The van der Waals surface area contributed by atoms with Crippen LogP contribution in [0.4, 0.5) is 0 Å². The fourth-order valence-corrected chi connectivity index (χ4v) is 1.53. The molecule has 108 valence electrons. The lowest BCUT2D eigenvalue weighted by molar-refractivity contribution is -0.137. The third kappa shape index (κ3) is 7.15. The molecule has 0 heterocycles. The van der Waals surface area contributed by atoms with Crippen molar-refractivity contribution in [2.24, 2.45) is 0 Å². The molecular formula is C14H18N2O4. The highest BCUT2D eigenvalue weighted by atomic mass is 16.4. The largest absolute Gasteiger partial charge is 0.481 e. The summed E-state index contributed by atoms with van der Waals surface area (Å²) in [4.78, 5) is 33.1. The maximum Gasteiger partial charge on any atom is 0.303 e. The Morgan fingerprint density at radius 2 is 1.65 bits per heavy atom. The van der Waals surface area contributed by atoms with Crippen LogP contribution >= 0.6 is 0 Å². The molecule has 3 N–H and O–H groups in total. The molecule has 20 heavy (non-hydrogen) atoms. The van der Waals surface area contributed by atoms with E-state index in [1.807, 2.05) is 30.3 Å². The van der Waals surface area contributed by atoms with Crippen LogP contribution in [-0.4, -0.2) is 29.4 Å². The Labute approximate surface area is 117 Å². The molecule has 1 rings (SSSR count). The average Bonchev–Trinajstić information content (AvgIpc) is 2.43. The molecule has 1 aromatic rings. The fourth-order valence-electron chi connectivity index (χ4n) is 1.53. The Hall–Kier alpha value is -2.37. The first kappa shape index (κ1) is 15.7. The third-order valence-electron chi connectivity index (χ3n) is 2.57. The van der Waals surface area contributed by atoms with Crippen LogP contribution in [0.25, 0.3) is 0 Å². The van der Waals surface area contributed by atoms with Crippen molar-refractivity contribution in [1.82, 2.24) is 10.6 Å². The molecule has 1 aromatic carbocycles. The summed E-state index contributed by atoms with van der Waals surface area (Å²) in [5, 5.41) is 13.6. The number of carbonyl (C=O) groups is 3. The van der Waals surface area contributed by atoms with Crippen LogP contribution in [0.1, 0.15) is 24.8 Å². The number of rotatable bonds is 8. The average molecular weight is 278 g/mol. The lowest BCUT2D eigenvalue weighted by atomic mass is 10.2.